The Bertz CT molecular complexity index is 977. The van der Waals surface area contributed by atoms with Crippen LogP contribution in [-0.2, 0) is 18.3 Å². The van der Waals surface area contributed by atoms with Crippen molar-refractivity contribution in [2.45, 2.75) is 57.1 Å². The number of thioether (sulfide) groups is 1. The van der Waals surface area contributed by atoms with Crippen LogP contribution < -0.4 is 10.9 Å². The summed E-state index contributed by atoms with van der Waals surface area (Å²) in [5.41, 5.74) is 1.93. The summed E-state index contributed by atoms with van der Waals surface area (Å²) in [6.07, 6.45) is 5.17. The molecule has 0 bridgehead atoms. The van der Waals surface area contributed by atoms with Crippen LogP contribution >= 0.6 is 11.8 Å². The van der Waals surface area contributed by atoms with Crippen LogP contribution in [0.2, 0.25) is 0 Å². The molecule has 2 aromatic rings. The summed E-state index contributed by atoms with van der Waals surface area (Å²) in [5.74, 6) is -0.136. The number of nitrogens with zero attached hydrogens (tertiary/aromatic N) is 3. The first-order chi connectivity index (χ1) is 15.3. The highest BCUT2D eigenvalue weighted by molar-refractivity contribution is 7.99. The van der Waals surface area contributed by atoms with Gasteiger partial charge in [0.1, 0.15) is 5.82 Å². The first-order valence-electron chi connectivity index (χ1n) is 11.3. The molecule has 174 valence electrons. The predicted molar refractivity (Wildman–Crippen MR) is 127 cm³/mol. The lowest BCUT2D eigenvalue weighted by molar-refractivity contribution is -0.118. The van der Waals surface area contributed by atoms with Crippen LogP contribution in [0.1, 0.15) is 49.4 Å². The molecule has 0 radical (unpaired) electrons. The normalized spacial score (nSPS) is 16.8. The van der Waals surface area contributed by atoms with Crippen molar-refractivity contribution in [2.75, 3.05) is 25.4 Å². The van der Waals surface area contributed by atoms with Gasteiger partial charge in [0, 0.05) is 43.9 Å². The standard InChI is InChI=1S/C24H33FN4O2S/c1-17-7-4-5-13-29(17)14-6-12-26-22(30)16-32-24-27-18(2)21(23(31)28(24)3)15-19-8-10-20(25)11-9-19/h8-11,17H,4-7,12-16H2,1-3H3,(H,26,30). The second-order valence-electron chi connectivity index (χ2n) is 8.50. The van der Waals surface area contributed by atoms with Crippen LogP contribution in [0.4, 0.5) is 4.39 Å². The van der Waals surface area contributed by atoms with Crippen molar-refractivity contribution in [1.82, 2.24) is 19.8 Å². The van der Waals surface area contributed by atoms with Crippen LogP contribution in [0.15, 0.2) is 34.2 Å². The van der Waals surface area contributed by atoms with Gasteiger partial charge in [-0.2, -0.15) is 0 Å². The van der Waals surface area contributed by atoms with Gasteiger partial charge in [-0.15, -0.1) is 0 Å². The summed E-state index contributed by atoms with van der Waals surface area (Å²) in [7, 11) is 1.67. The van der Waals surface area contributed by atoms with Gasteiger partial charge >= 0.3 is 0 Å². The minimum absolute atomic E-state index is 0.0519. The van der Waals surface area contributed by atoms with E-state index in [2.05, 4.69) is 22.1 Å². The Labute approximate surface area is 193 Å². The van der Waals surface area contributed by atoms with E-state index in [1.807, 2.05) is 0 Å². The van der Waals surface area contributed by atoms with E-state index in [9.17, 15) is 14.0 Å². The Kier molecular flexibility index (Phi) is 8.87. The summed E-state index contributed by atoms with van der Waals surface area (Å²) >= 11 is 1.27. The molecule has 1 unspecified atom stereocenters. The summed E-state index contributed by atoms with van der Waals surface area (Å²) in [4.78, 5) is 32.2. The SMILES string of the molecule is Cc1nc(SCC(=O)NCCCN2CCCCC2C)n(C)c(=O)c1Cc1ccc(F)cc1. The van der Waals surface area contributed by atoms with Crippen LogP contribution in [-0.4, -0.2) is 51.8 Å². The number of benzene rings is 1. The first kappa shape index (κ1) is 24.5. The van der Waals surface area contributed by atoms with Crippen molar-refractivity contribution >= 4 is 17.7 Å². The Morgan fingerprint density at radius 1 is 1.28 bits per heavy atom. The smallest absolute Gasteiger partial charge is 0.257 e. The zero-order chi connectivity index (χ0) is 23.1. The van der Waals surface area contributed by atoms with Gasteiger partial charge in [-0.05, 0) is 57.4 Å². The number of rotatable bonds is 9. The van der Waals surface area contributed by atoms with E-state index in [4.69, 9.17) is 0 Å². The van der Waals surface area contributed by atoms with Crippen LogP contribution in [0.3, 0.4) is 0 Å². The lowest BCUT2D eigenvalue weighted by Gasteiger charge is -2.33. The number of likely N-dealkylation sites (tertiary alicyclic amines) is 1. The average Bonchev–Trinajstić information content (AvgIpc) is 2.78. The van der Waals surface area contributed by atoms with E-state index in [1.165, 1.54) is 47.7 Å². The first-order valence-corrected chi connectivity index (χ1v) is 12.3. The lowest BCUT2D eigenvalue weighted by Crippen LogP contribution is -2.39. The number of aryl methyl sites for hydroxylation is 1. The number of amides is 1. The molecule has 0 aliphatic carbocycles. The van der Waals surface area contributed by atoms with Crippen molar-refractivity contribution in [2.24, 2.45) is 7.05 Å². The minimum Gasteiger partial charge on any atom is -0.355 e. The quantitative estimate of drug-likeness (QED) is 0.353. The van der Waals surface area contributed by atoms with Gasteiger partial charge in [0.05, 0.1) is 5.75 Å². The molecule has 1 aromatic heterocycles. The molecule has 3 rings (SSSR count). The topological polar surface area (TPSA) is 67.2 Å². The van der Waals surface area contributed by atoms with Crippen molar-refractivity contribution in [3.8, 4) is 0 Å². The van der Waals surface area contributed by atoms with Gasteiger partial charge in [-0.1, -0.05) is 30.3 Å². The highest BCUT2D eigenvalue weighted by Gasteiger charge is 2.17. The summed E-state index contributed by atoms with van der Waals surface area (Å²) < 4.78 is 14.6. The zero-order valence-corrected chi connectivity index (χ0v) is 20.0. The molecule has 1 amide bonds. The fraction of sp³-hybridized carbons (Fsp3) is 0.542. The third-order valence-corrected chi connectivity index (χ3v) is 7.09. The Morgan fingerprint density at radius 3 is 2.75 bits per heavy atom. The average molecular weight is 461 g/mol. The molecule has 1 atom stereocenters. The molecule has 1 aromatic carbocycles. The molecule has 1 fully saturated rings. The molecular formula is C24H33FN4O2S. The zero-order valence-electron chi connectivity index (χ0n) is 19.2. The Morgan fingerprint density at radius 2 is 2.03 bits per heavy atom. The number of carbonyl (C=O) groups excluding carboxylic acids is 1. The maximum atomic E-state index is 13.1. The van der Waals surface area contributed by atoms with Gasteiger partial charge < -0.3 is 10.2 Å². The number of halogens is 1. The number of piperidine rings is 1. The van der Waals surface area contributed by atoms with E-state index in [1.54, 1.807) is 26.1 Å². The van der Waals surface area contributed by atoms with Crippen molar-refractivity contribution in [3.63, 3.8) is 0 Å². The van der Waals surface area contributed by atoms with E-state index >= 15 is 0 Å². The van der Waals surface area contributed by atoms with Gasteiger partial charge in [-0.3, -0.25) is 14.2 Å². The molecule has 2 heterocycles. The molecule has 1 aliphatic heterocycles. The molecule has 1 saturated heterocycles. The van der Waals surface area contributed by atoms with E-state index < -0.39 is 0 Å². The molecule has 32 heavy (non-hydrogen) atoms. The van der Waals surface area contributed by atoms with Crippen molar-refractivity contribution < 1.29 is 9.18 Å². The van der Waals surface area contributed by atoms with E-state index in [-0.39, 0.29) is 23.0 Å². The van der Waals surface area contributed by atoms with Crippen molar-refractivity contribution in [1.29, 1.82) is 0 Å². The van der Waals surface area contributed by atoms with E-state index in [0.29, 0.717) is 35.4 Å². The maximum absolute atomic E-state index is 13.1. The van der Waals surface area contributed by atoms with Crippen LogP contribution in [0.25, 0.3) is 0 Å². The second kappa shape index (κ2) is 11.6. The summed E-state index contributed by atoms with van der Waals surface area (Å²) in [6.45, 7) is 6.90. The molecule has 0 saturated carbocycles. The summed E-state index contributed by atoms with van der Waals surface area (Å²) in [5, 5.41) is 3.49. The third kappa shape index (κ3) is 6.65. The van der Waals surface area contributed by atoms with Crippen molar-refractivity contribution in [3.05, 3.63) is 57.3 Å². The number of carbonyl (C=O) groups is 1. The fourth-order valence-corrected chi connectivity index (χ4v) is 4.89. The third-order valence-electron chi connectivity index (χ3n) is 6.06. The van der Waals surface area contributed by atoms with E-state index in [0.717, 1.165) is 25.1 Å². The molecule has 1 aliphatic rings. The number of hydrogen-bond donors (Lipinski definition) is 1. The molecule has 0 spiro atoms. The molecule has 1 N–H and O–H groups in total. The van der Waals surface area contributed by atoms with Gasteiger partial charge in [-0.25, -0.2) is 9.37 Å². The van der Waals surface area contributed by atoms with Crippen LogP contribution in [0.5, 0.6) is 0 Å². The molecular weight excluding hydrogens is 427 g/mol. The lowest BCUT2D eigenvalue weighted by atomic mass is 10.0. The molecule has 6 nitrogen and oxygen atoms in total. The number of nitrogens with one attached hydrogen (secondary N) is 1. The highest BCUT2D eigenvalue weighted by atomic mass is 32.2. The highest BCUT2D eigenvalue weighted by Crippen LogP contribution is 2.17. The van der Waals surface area contributed by atoms with Gasteiger partial charge in [0.2, 0.25) is 5.91 Å². The largest absolute Gasteiger partial charge is 0.355 e. The fourth-order valence-electron chi connectivity index (χ4n) is 4.05. The Balaban J connectivity index is 1.49. The summed E-state index contributed by atoms with van der Waals surface area (Å²) in [6, 6.07) is 6.76. The predicted octanol–water partition coefficient (Wildman–Crippen LogP) is 3.29. The van der Waals surface area contributed by atoms with Gasteiger partial charge in [0.25, 0.3) is 5.56 Å². The number of hydrogen-bond acceptors (Lipinski definition) is 5. The van der Waals surface area contributed by atoms with Crippen LogP contribution in [0, 0.1) is 12.7 Å². The second-order valence-corrected chi connectivity index (χ2v) is 9.44. The molecule has 8 heteroatoms. The van der Waals surface area contributed by atoms with Gasteiger partial charge in [0.15, 0.2) is 5.16 Å². The number of aromatic nitrogens is 2. The minimum atomic E-state index is -0.303. The Hall–Kier alpha value is -2.19. The maximum Gasteiger partial charge on any atom is 0.257 e. The monoisotopic (exact) mass is 460 g/mol.